The van der Waals surface area contributed by atoms with Crippen molar-refractivity contribution in [3.05, 3.63) is 46.8 Å². The summed E-state index contributed by atoms with van der Waals surface area (Å²) in [5.74, 6) is 0.862. The first-order valence-corrected chi connectivity index (χ1v) is 16.0. The lowest BCUT2D eigenvalue weighted by Crippen LogP contribution is -2.53. The third-order valence-corrected chi connectivity index (χ3v) is 8.68. The van der Waals surface area contributed by atoms with Crippen molar-refractivity contribution in [1.82, 2.24) is 20.5 Å². The molecule has 224 valence electrons. The van der Waals surface area contributed by atoms with Gasteiger partial charge in [0, 0.05) is 5.38 Å². The van der Waals surface area contributed by atoms with E-state index < -0.39 is 6.04 Å². The van der Waals surface area contributed by atoms with Crippen molar-refractivity contribution in [3.63, 3.8) is 0 Å². The minimum atomic E-state index is -0.494. The molecule has 0 aliphatic rings. The third kappa shape index (κ3) is 8.84. The van der Waals surface area contributed by atoms with E-state index in [4.69, 9.17) is 9.72 Å². The van der Waals surface area contributed by atoms with Gasteiger partial charge in [0.25, 0.3) is 0 Å². The van der Waals surface area contributed by atoms with Gasteiger partial charge in [-0.05, 0) is 56.1 Å². The first-order valence-electron chi connectivity index (χ1n) is 15.1. The molecular formula is C33H48N4O3S. The number of likely N-dealkylation sites (N-methyl/N-ethyl adjacent to an activating group) is 1. The quantitative estimate of drug-likeness (QED) is 0.168. The zero-order valence-electron chi connectivity index (χ0n) is 25.7. The van der Waals surface area contributed by atoms with E-state index in [2.05, 4.69) is 59.9 Å². The summed E-state index contributed by atoms with van der Waals surface area (Å²) in [5, 5.41) is 11.4. The maximum atomic E-state index is 13.8. The monoisotopic (exact) mass is 580 g/mol. The molecule has 2 N–H and O–H groups in total. The lowest BCUT2D eigenvalue weighted by Gasteiger charge is -2.30. The van der Waals surface area contributed by atoms with E-state index in [9.17, 15) is 9.59 Å². The fraction of sp³-hybridized carbons (Fsp3) is 0.545. The number of hydrogen-bond donors (Lipinski definition) is 2. The van der Waals surface area contributed by atoms with Crippen molar-refractivity contribution >= 4 is 33.8 Å². The number of unbranched alkanes of at least 4 members (excludes halogenated alkanes) is 2. The zero-order chi connectivity index (χ0) is 29.8. The fourth-order valence-electron chi connectivity index (χ4n) is 5.36. The topological polar surface area (TPSA) is 83.6 Å². The highest BCUT2D eigenvalue weighted by atomic mass is 32.1. The van der Waals surface area contributed by atoms with Crippen molar-refractivity contribution in [1.29, 1.82) is 0 Å². The molecule has 0 fully saturated rings. The lowest BCUT2D eigenvalue weighted by atomic mass is 9.88. The maximum Gasteiger partial charge on any atom is 0.237 e. The normalized spacial score (nSPS) is 13.7. The SMILES string of the molecule is CCCCCC(CC)C(NC(=O)[C@H](C)NC)C(=O)CN(CCC)Cc1nc(-c2c(OC)ccc3ccccc23)cs1. The lowest BCUT2D eigenvalue weighted by molar-refractivity contribution is -0.130. The molecule has 0 aliphatic heterocycles. The summed E-state index contributed by atoms with van der Waals surface area (Å²) < 4.78 is 5.71. The molecule has 0 saturated carbocycles. The molecule has 2 aromatic carbocycles. The average Bonchev–Trinajstić information content (AvgIpc) is 3.45. The molecule has 8 heteroatoms. The van der Waals surface area contributed by atoms with Gasteiger partial charge in [-0.3, -0.25) is 14.5 Å². The highest BCUT2D eigenvalue weighted by molar-refractivity contribution is 7.10. The van der Waals surface area contributed by atoms with Gasteiger partial charge >= 0.3 is 0 Å². The van der Waals surface area contributed by atoms with Crippen LogP contribution in [0, 0.1) is 5.92 Å². The molecule has 1 amide bonds. The smallest absolute Gasteiger partial charge is 0.237 e. The predicted octanol–water partition coefficient (Wildman–Crippen LogP) is 6.45. The number of Topliss-reactive ketones (excluding diaryl/α,β-unsaturated/α-hetero) is 1. The van der Waals surface area contributed by atoms with E-state index in [-0.39, 0.29) is 30.2 Å². The van der Waals surface area contributed by atoms with E-state index in [1.807, 2.05) is 25.1 Å². The highest BCUT2D eigenvalue weighted by Crippen LogP contribution is 2.37. The number of aromatic nitrogens is 1. The van der Waals surface area contributed by atoms with Gasteiger partial charge in [0.05, 0.1) is 43.5 Å². The number of thiazole rings is 1. The number of amides is 1. The molecule has 0 aliphatic carbocycles. The van der Waals surface area contributed by atoms with Gasteiger partial charge in [-0.2, -0.15) is 0 Å². The summed E-state index contributed by atoms with van der Waals surface area (Å²) >= 11 is 1.61. The second-order valence-electron chi connectivity index (χ2n) is 10.8. The number of carbonyl (C=O) groups excluding carboxylic acids is 2. The van der Waals surface area contributed by atoms with Crippen LogP contribution in [0.2, 0.25) is 0 Å². The van der Waals surface area contributed by atoms with E-state index in [1.165, 1.54) is 0 Å². The summed E-state index contributed by atoms with van der Waals surface area (Å²) in [5.41, 5.74) is 1.88. The van der Waals surface area contributed by atoms with Gasteiger partial charge < -0.3 is 15.4 Å². The van der Waals surface area contributed by atoms with Crippen LogP contribution < -0.4 is 15.4 Å². The summed E-state index contributed by atoms with van der Waals surface area (Å²) in [6, 6.07) is 11.5. The van der Waals surface area contributed by atoms with Crippen LogP contribution in [0.4, 0.5) is 0 Å². The first-order chi connectivity index (χ1) is 19.9. The molecule has 41 heavy (non-hydrogen) atoms. The van der Waals surface area contributed by atoms with Crippen molar-refractivity contribution < 1.29 is 14.3 Å². The molecule has 7 nitrogen and oxygen atoms in total. The Balaban J connectivity index is 1.82. The zero-order valence-corrected chi connectivity index (χ0v) is 26.5. The molecule has 3 aromatic rings. The van der Waals surface area contributed by atoms with E-state index in [0.29, 0.717) is 6.54 Å². The van der Waals surface area contributed by atoms with Crippen LogP contribution in [0.3, 0.4) is 0 Å². The van der Waals surface area contributed by atoms with Crippen LogP contribution >= 0.6 is 11.3 Å². The third-order valence-electron chi connectivity index (χ3n) is 7.84. The Morgan fingerprint density at radius 1 is 1.07 bits per heavy atom. The van der Waals surface area contributed by atoms with Crippen LogP contribution in [0.5, 0.6) is 5.75 Å². The van der Waals surface area contributed by atoms with Crippen LogP contribution in [-0.2, 0) is 16.1 Å². The van der Waals surface area contributed by atoms with Crippen LogP contribution in [0.1, 0.15) is 71.2 Å². The van der Waals surface area contributed by atoms with E-state index >= 15 is 0 Å². The second kappa shape index (κ2) is 16.6. The molecule has 1 aromatic heterocycles. The Hall–Kier alpha value is -2.81. The maximum absolute atomic E-state index is 13.8. The van der Waals surface area contributed by atoms with E-state index in [1.54, 1.807) is 25.5 Å². The van der Waals surface area contributed by atoms with Crippen LogP contribution in [0.15, 0.2) is 41.8 Å². The largest absolute Gasteiger partial charge is 0.496 e. The van der Waals surface area contributed by atoms with Gasteiger partial charge in [-0.1, -0.05) is 76.8 Å². The van der Waals surface area contributed by atoms with Gasteiger partial charge in [0.15, 0.2) is 5.78 Å². The number of fused-ring (bicyclic) bond motifs is 1. The molecule has 0 saturated heterocycles. The minimum absolute atomic E-state index is 0.0750. The Morgan fingerprint density at radius 3 is 2.54 bits per heavy atom. The predicted molar refractivity (Wildman–Crippen MR) is 171 cm³/mol. The Bertz CT molecular complexity index is 1260. The number of ketones is 1. The summed E-state index contributed by atoms with van der Waals surface area (Å²) in [6.07, 6.45) is 6.03. The van der Waals surface area contributed by atoms with Crippen molar-refractivity contribution in [2.24, 2.45) is 5.92 Å². The molecule has 0 bridgehead atoms. The molecule has 0 radical (unpaired) electrons. The Kier molecular flexibility index (Phi) is 13.2. The van der Waals surface area contributed by atoms with Crippen LogP contribution in [0.25, 0.3) is 22.0 Å². The number of rotatable bonds is 18. The number of carbonyl (C=O) groups is 2. The number of nitrogens with zero attached hydrogens (tertiary/aromatic N) is 2. The minimum Gasteiger partial charge on any atom is -0.496 e. The van der Waals surface area contributed by atoms with Crippen molar-refractivity contribution in [2.45, 2.75) is 84.8 Å². The summed E-state index contributed by atoms with van der Waals surface area (Å²) in [6.45, 7) is 9.89. The van der Waals surface area contributed by atoms with Crippen molar-refractivity contribution in [3.8, 4) is 17.0 Å². The van der Waals surface area contributed by atoms with Gasteiger partial charge in [0.2, 0.25) is 5.91 Å². The second-order valence-corrected chi connectivity index (χ2v) is 11.8. The van der Waals surface area contributed by atoms with E-state index in [0.717, 1.165) is 77.9 Å². The average molecular weight is 581 g/mol. The molecule has 1 heterocycles. The van der Waals surface area contributed by atoms with Gasteiger partial charge in [-0.15, -0.1) is 11.3 Å². The number of methoxy groups -OCH3 is 1. The summed E-state index contributed by atoms with van der Waals surface area (Å²) in [4.78, 5) is 33.9. The summed E-state index contributed by atoms with van der Waals surface area (Å²) in [7, 11) is 3.45. The molecule has 3 rings (SSSR count). The molecular weight excluding hydrogens is 532 g/mol. The highest BCUT2D eigenvalue weighted by Gasteiger charge is 2.30. The fourth-order valence-corrected chi connectivity index (χ4v) is 6.18. The number of ether oxygens (including phenoxy) is 1. The Labute approximate surface area is 250 Å². The van der Waals surface area contributed by atoms with Gasteiger partial charge in [-0.25, -0.2) is 4.98 Å². The Morgan fingerprint density at radius 2 is 1.85 bits per heavy atom. The number of benzene rings is 2. The number of hydrogen-bond acceptors (Lipinski definition) is 7. The number of nitrogens with one attached hydrogen (secondary N) is 2. The molecule has 0 spiro atoms. The standard InChI is InChI=1S/C33H48N4O3S/c1-7-10-11-14-24(9-3)32(36-33(39)23(4)34-5)28(38)20-37(19-8-2)21-30-35-27(22-41-30)31-26-16-13-12-15-25(26)17-18-29(31)40-6/h12-13,15-18,22-24,32,34H,7-11,14,19-21H2,1-6H3,(H,36,39)/t23-,24?,32?/m0/s1. The van der Waals surface area contributed by atoms with Crippen molar-refractivity contribution in [2.75, 3.05) is 27.2 Å². The van der Waals surface area contributed by atoms with Gasteiger partial charge in [0.1, 0.15) is 10.8 Å². The molecule has 3 atom stereocenters. The van der Waals surface area contributed by atoms with Crippen LogP contribution in [-0.4, -0.2) is 60.9 Å². The first kappa shape index (κ1) is 32.7. The molecule has 2 unspecified atom stereocenters.